The van der Waals surface area contributed by atoms with Crippen LogP contribution in [0, 0.1) is 0 Å². The van der Waals surface area contributed by atoms with E-state index in [2.05, 4.69) is 17.4 Å². The maximum atomic E-state index is 11.2. The summed E-state index contributed by atoms with van der Waals surface area (Å²) in [7, 11) is 1.59. The summed E-state index contributed by atoms with van der Waals surface area (Å²) in [5.74, 6) is -0.123. The molecular formula is C9H18N2O3. The molecule has 5 nitrogen and oxygen atoms in total. The van der Waals surface area contributed by atoms with Gasteiger partial charge in [-0.1, -0.05) is 6.08 Å². The van der Waals surface area contributed by atoms with Crippen molar-refractivity contribution in [3.63, 3.8) is 0 Å². The lowest BCUT2D eigenvalue weighted by atomic mass is 10.3. The number of hydrogen-bond acceptors (Lipinski definition) is 4. The minimum absolute atomic E-state index is 0.123. The van der Waals surface area contributed by atoms with Crippen molar-refractivity contribution >= 4 is 5.91 Å². The first-order valence-corrected chi connectivity index (χ1v) is 4.47. The van der Waals surface area contributed by atoms with Crippen molar-refractivity contribution in [2.24, 2.45) is 0 Å². The Hall–Kier alpha value is -0.910. The van der Waals surface area contributed by atoms with Gasteiger partial charge in [0, 0.05) is 13.7 Å². The third-order valence-electron chi connectivity index (χ3n) is 1.46. The van der Waals surface area contributed by atoms with Crippen LogP contribution >= 0.6 is 0 Å². The molecule has 2 N–H and O–H groups in total. The van der Waals surface area contributed by atoms with Gasteiger partial charge in [0.15, 0.2) is 0 Å². The fraction of sp³-hybridized carbons (Fsp3) is 0.667. The fourth-order valence-corrected chi connectivity index (χ4v) is 0.688. The van der Waals surface area contributed by atoms with E-state index in [4.69, 9.17) is 9.57 Å². The normalized spacial score (nSPS) is 12.1. The highest BCUT2D eigenvalue weighted by atomic mass is 16.7. The molecule has 0 fully saturated rings. The van der Waals surface area contributed by atoms with Gasteiger partial charge in [0.1, 0.15) is 6.04 Å². The minimum atomic E-state index is -0.383. The molecule has 14 heavy (non-hydrogen) atoms. The molecule has 1 unspecified atom stereocenters. The van der Waals surface area contributed by atoms with Crippen molar-refractivity contribution in [2.45, 2.75) is 13.0 Å². The summed E-state index contributed by atoms with van der Waals surface area (Å²) in [6, 6.07) is -0.383. The number of hydroxylamine groups is 1. The van der Waals surface area contributed by atoms with Gasteiger partial charge in [0.2, 0.25) is 5.91 Å². The van der Waals surface area contributed by atoms with Gasteiger partial charge in [-0.15, -0.1) is 6.58 Å². The molecule has 0 heterocycles. The van der Waals surface area contributed by atoms with Crippen molar-refractivity contribution in [2.75, 3.05) is 26.9 Å². The first kappa shape index (κ1) is 13.1. The van der Waals surface area contributed by atoms with Crippen molar-refractivity contribution in [3.05, 3.63) is 12.7 Å². The quantitative estimate of drug-likeness (QED) is 0.326. The third-order valence-corrected chi connectivity index (χ3v) is 1.46. The van der Waals surface area contributed by atoms with Gasteiger partial charge in [-0.2, -0.15) is 5.48 Å². The molecule has 0 aliphatic heterocycles. The van der Waals surface area contributed by atoms with E-state index in [1.807, 2.05) is 0 Å². The maximum absolute atomic E-state index is 11.2. The average Bonchev–Trinajstić information content (AvgIpc) is 2.20. The smallest absolute Gasteiger partial charge is 0.239 e. The summed E-state index contributed by atoms with van der Waals surface area (Å²) < 4.78 is 4.77. The minimum Gasteiger partial charge on any atom is -0.382 e. The third kappa shape index (κ3) is 6.59. The second-order valence-corrected chi connectivity index (χ2v) is 2.71. The number of ether oxygens (including phenoxy) is 1. The average molecular weight is 202 g/mol. The predicted molar refractivity (Wildman–Crippen MR) is 53.6 cm³/mol. The van der Waals surface area contributed by atoms with E-state index in [9.17, 15) is 4.79 Å². The van der Waals surface area contributed by atoms with Crippen LogP contribution in [0.2, 0.25) is 0 Å². The van der Waals surface area contributed by atoms with E-state index in [-0.39, 0.29) is 11.9 Å². The summed E-state index contributed by atoms with van der Waals surface area (Å²) in [6.07, 6.45) is 1.62. The molecule has 0 aromatic heterocycles. The summed E-state index contributed by atoms with van der Waals surface area (Å²) in [6.45, 7) is 6.58. The van der Waals surface area contributed by atoms with Crippen molar-refractivity contribution in [1.29, 1.82) is 0 Å². The first-order valence-electron chi connectivity index (χ1n) is 4.47. The Balaban J connectivity index is 3.46. The Morgan fingerprint density at radius 2 is 2.29 bits per heavy atom. The number of carbonyl (C=O) groups is 1. The molecule has 0 radical (unpaired) electrons. The number of methoxy groups -OCH3 is 1. The lowest BCUT2D eigenvalue weighted by Gasteiger charge is -2.12. The zero-order valence-electron chi connectivity index (χ0n) is 8.71. The van der Waals surface area contributed by atoms with Crippen LogP contribution in [0.25, 0.3) is 0 Å². The molecule has 0 rings (SSSR count). The summed E-state index contributed by atoms with van der Waals surface area (Å²) >= 11 is 0. The van der Waals surface area contributed by atoms with E-state index in [1.54, 1.807) is 20.1 Å². The molecule has 0 aliphatic carbocycles. The summed E-state index contributed by atoms with van der Waals surface area (Å²) in [5.41, 5.74) is 2.60. The fourth-order valence-electron chi connectivity index (χ4n) is 0.688. The molecule has 0 aliphatic rings. The second kappa shape index (κ2) is 8.68. The van der Waals surface area contributed by atoms with Gasteiger partial charge in [-0.25, -0.2) is 0 Å². The van der Waals surface area contributed by atoms with Gasteiger partial charge in [-0.3, -0.25) is 9.63 Å². The second-order valence-electron chi connectivity index (χ2n) is 2.71. The number of amides is 1. The Bertz CT molecular complexity index is 173. The van der Waals surface area contributed by atoms with E-state index >= 15 is 0 Å². The highest BCUT2D eigenvalue weighted by Gasteiger charge is 2.10. The zero-order valence-corrected chi connectivity index (χ0v) is 8.71. The molecule has 0 saturated carbocycles. The van der Waals surface area contributed by atoms with E-state index in [0.29, 0.717) is 19.8 Å². The van der Waals surface area contributed by atoms with Crippen LogP contribution in [-0.4, -0.2) is 38.8 Å². The summed E-state index contributed by atoms with van der Waals surface area (Å²) in [5, 5.41) is 2.64. The molecule has 82 valence electrons. The highest BCUT2D eigenvalue weighted by molar-refractivity contribution is 5.81. The molecule has 1 amide bonds. The Kier molecular flexibility index (Phi) is 8.11. The molecule has 5 heteroatoms. The molecule has 1 atom stereocenters. The van der Waals surface area contributed by atoms with Crippen LogP contribution in [0.4, 0.5) is 0 Å². The van der Waals surface area contributed by atoms with Gasteiger partial charge < -0.3 is 10.1 Å². The lowest BCUT2D eigenvalue weighted by Crippen LogP contribution is -2.42. The molecule has 0 aromatic rings. The topological polar surface area (TPSA) is 59.6 Å². The zero-order chi connectivity index (χ0) is 10.8. The van der Waals surface area contributed by atoms with Crippen molar-refractivity contribution in [3.8, 4) is 0 Å². The van der Waals surface area contributed by atoms with Crippen molar-refractivity contribution in [1.82, 2.24) is 10.8 Å². The first-order chi connectivity index (χ1) is 6.72. The lowest BCUT2D eigenvalue weighted by molar-refractivity contribution is -0.127. The molecule has 0 aromatic carbocycles. The van der Waals surface area contributed by atoms with E-state index in [0.717, 1.165) is 0 Å². The van der Waals surface area contributed by atoms with Crippen LogP contribution < -0.4 is 10.8 Å². The van der Waals surface area contributed by atoms with Crippen LogP contribution in [0.5, 0.6) is 0 Å². The maximum Gasteiger partial charge on any atom is 0.239 e. The van der Waals surface area contributed by atoms with E-state index < -0.39 is 0 Å². The van der Waals surface area contributed by atoms with Gasteiger partial charge in [-0.05, 0) is 6.92 Å². The number of hydrogen-bond donors (Lipinski definition) is 2. The predicted octanol–water partition coefficient (Wildman–Crippen LogP) is -0.155. The standard InChI is InChI=1S/C9H18N2O3/c1-4-5-10-9(12)8(2)11-14-7-6-13-3/h4,8,11H,1,5-7H2,2-3H3,(H,10,12). The van der Waals surface area contributed by atoms with Crippen LogP contribution in [0.1, 0.15) is 6.92 Å². The summed E-state index contributed by atoms with van der Waals surface area (Å²) in [4.78, 5) is 16.2. The SMILES string of the molecule is C=CCNC(=O)C(C)NOCCOC. The number of carbonyl (C=O) groups excluding carboxylic acids is 1. The van der Waals surface area contributed by atoms with Crippen molar-refractivity contribution < 1.29 is 14.4 Å². The van der Waals surface area contributed by atoms with Gasteiger partial charge >= 0.3 is 0 Å². The van der Waals surface area contributed by atoms with E-state index in [1.165, 1.54) is 0 Å². The molecule has 0 spiro atoms. The number of rotatable bonds is 8. The monoisotopic (exact) mass is 202 g/mol. The Morgan fingerprint density at radius 1 is 1.57 bits per heavy atom. The van der Waals surface area contributed by atoms with Gasteiger partial charge in [0.25, 0.3) is 0 Å². The molecular weight excluding hydrogens is 184 g/mol. The number of nitrogens with one attached hydrogen (secondary N) is 2. The largest absolute Gasteiger partial charge is 0.382 e. The highest BCUT2D eigenvalue weighted by Crippen LogP contribution is 1.82. The van der Waals surface area contributed by atoms with Crippen LogP contribution in [0.3, 0.4) is 0 Å². The van der Waals surface area contributed by atoms with Crippen LogP contribution in [-0.2, 0) is 14.4 Å². The Labute approximate surface area is 84.4 Å². The van der Waals surface area contributed by atoms with Crippen LogP contribution in [0.15, 0.2) is 12.7 Å². The van der Waals surface area contributed by atoms with Gasteiger partial charge in [0.05, 0.1) is 13.2 Å². The molecule has 0 bridgehead atoms. The molecule has 0 saturated heterocycles. The Morgan fingerprint density at radius 3 is 2.86 bits per heavy atom.